The van der Waals surface area contributed by atoms with Crippen LogP contribution in [0.2, 0.25) is 0 Å². The van der Waals surface area contributed by atoms with Crippen molar-refractivity contribution in [3.63, 3.8) is 0 Å². The van der Waals surface area contributed by atoms with Gasteiger partial charge < -0.3 is 10.3 Å². The average Bonchev–Trinajstić information content (AvgIpc) is 3.46. The van der Waals surface area contributed by atoms with E-state index in [2.05, 4.69) is 15.3 Å². The highest BCUT2D eigenvalue weighted by Crippen LogP contribution is 2.34. The number of imide groups is 1. The van der Waals surface area contributed by atoms with Crippen LogP contribution in [0.5, 0.6) is 0 Å². The molecule has 0 spiro atoms. The Morgan fingerprint density at radius 2 is 1.94 bits per heavy atom. The third-order valence-electron chi connectivity index (χ3n) is 5.64. The molecule has 34 heavy (non-hydrogen) atoms. The van der Waals surface area contributed by atoms with Gasteiger partial charge in [-0.05, 0) is 19.1 Å². The summed E-state index contributed by atoms with van der Waals surface area (Å²) in [6, 6.07) is 11.8. The number of benzene rings is 2. The molecule has 11 heteroatoms. The summed E-state index contributed by atoms with van der Waals surface area (Å²) in [5.41, 5.74) is 2.95. The first kappa shape index (κ1) is 21.5. The van der Waals surface area contributed by atoms with Crippen LogP contribution in [0.25, 0.3) is 22.2 Å². The van der Waals surface area contributed by atoms with E-state index < -0.39 is 28.3 Å². The molecule has 170 valence electrons. The Morgan fingerprint density at radius 3 is 2.74 bits per heavy atom. The molecule has 0 aliphatic carbocycles. The van der Waals surface area contributed by atoms with Gasteiger partial charge >= 0.3 is 0 Å². The fraction of sp³-hybridized carbons (Fsp3) is 0.130. The highest BCUT2D eigenvalue weighted by molar-refractivity contribution is 7.14. The number of carbonyl (C=O) groups is 3. The van der Waals surface area contributed by atoms with Crippen LogP contribution in [0.1, 0.15) is 32.8 Å². The second-order valence-corrected chi connectivity index (χ2v) is 8.58. The highest BCUT2D eigenvalue weighted by atomic mass is 32.1. The summed E-state index contributed by atoms with van der Waals surface area (Å²) in [5, 5.41) is 17.2. The summed E-state index contributed by atoms with van der Waals surface area (Å²) in [6.07, 6.45) is -0.166. The number of para-hydroxylation sites is 1. The molecular formula is C23H17N5O5S. The number of nitro benzene ring substituents is 1. The molecule has 4 aromatic rings. The number of H-pyrrole nitrogens is 1. The van der Waals surface area contributed by atoms with Gasteiger partial charge in [0.05, 0.1) is 16.2 Å². The predicted octanol–water partition coefficient (Wildman–Crippen LogP) is 4.13. The summed E-state index contributed by atoms with van der Waals surface area (Å²) >= 11 is 1.27. The summed E-state index contributed by atoms with van der Waals surface area (Å²) in [7, 11) is 0. The summed E-state index contributed by atoms with van der Waals surface area (Å²) in [5.74, 6) is -1.85. The van der Waals surface area contributed by atoms with Gasteiger partial charge in [0.25, 0.3) is 17.5 Å². The number of aryl methyl sites for hydroxylation is 1. The summed E-state index contributed by atoms with van der Waals surface area (Å²) in [4.78, 5) is 56.9. The Bertz CT molecular complexity index is 1500. The minimum absolute atomic E-state index is 0.0294. The molecular weight excluding hydrogens is 458 g/mol. The maximum atomic E-state index is 12.6. The molecule has 2 aromatic heterocycles. The van der Waals surface area contributed by atoms with Gasteiger partial charge in [-0.15, -0.1) is 11.3 Å². The predicted molar refractivity (Wildman–Crippen MR) is 126 cm³/mol. The van der Waals surface area contributed by atoms with Crippen molar-refractivity contribution >= 4 is 50.8 Å². The van der Waals surface area contributed by atoms with Gasteiger partial charge in [0, 0.05) is 46.6 Å². The number of thiazole rings is 1. The van der Waals surface area contributed by atoms with Gasteiger partial charge in [-0.2, -0.15) is 0 Å². The van der Waals surface area contributed by atoms with Crippen molar-refractivity contribution in [2.24, 2.45) is 0 Å². The van der Waals surface area contributed by atoms with Crippen LogP contribution in [0.4, 0.5) is 10.8 Å². The number of nitrogens with zero attached hydrogens (tertiary/aromatic N) is 3. The number of fused-ring (bicyclic) bond motifs is 2. The number of hydrogen-bond acceptors (Lipinski definition) is 7. The van der Waals surface area contributed by atoms with Crippen LogP contribution in [0, 0.1) is 17.0 Å². The van der Waals surface area contributed by atoms with E-state index >= 15 is 0 Å². The largest absolute Gasteiger partial charge is 0.358 e. The number of nitro groups is 1. The number of aromatic amines is 1. The van der Waals surface area contributed by atoms with E-state index in [1.807, 2.05) is 36.6 Å². The summed E-state index contributed by atoms with van der Waals surface area (Å²) < 4.78 is 0. The molecule has 0 saturated heterocycles. The molecule has 1 aliphatic heterocycles. The maximum Gasteiger partial charge on any atom is 0.282 e. The molecule has 0 atom stereocenters. The van der Waals surface area contributed by atoms with Crippen molar-refractivity contribution in [3.05, 3.63) is 74.8 Å². The Morgan fingerprint density at radius 1 is 1.15 bits per heavy atom. The second-order valence-electron chi connectivity index (χ2n) is 7.73. The number of rotatable bonds is 6. The molecule has 3 amide bonds. The quantitative estimate of drug-likeness (QED) is 0.244. The first-order chi connectivity index (χ1) is 16.3. The normalized spacial score (nSPS) is 12.9. The van der Waals surface area contributed by atoms with Gasteiger partial charge in [-0.25, -0.2) is 4.98 Å². The van der Waals surface area contributed by atoms with E-state index in [-0.39, 0.29) is 24.1 Å². The smallest absolute Gasteiger partial charge is 0.282 e. The lowest BCUT2D eigenvalue weighted by Crippen LogP contribution is -2.33. The Balaban J connectivity index is 1.27. The monoisotopic (exact) mass is 475 g/mol. The van der Waals surface area contributed by atoms with Gasteiger partial charge in [0.1, 0.15) is 5.56 Å². The number of nitrogens with one attached hydrogen (secondary N) is 2. The van der Waals surface area contributed by atoms with Crippen LogP contribution in [-0.2, 0) is 4.79 Å². The Labute approximate surface area is 196 Å². The first-order valence-corrected chi connectivity index (χ1v) is 11.2. The van der Waals surface area contributed by atoms with Gasteiger partial charge in [0.15, 0.2) is 5.13 Å². The van der Waals surface area contributed by atoms with Gasteiger partial charge in [-0.1, -0.05) is 24.3 Å². The number of carbonyl (C=O) groups excluding carboxylic acids is 3. The second kappa shape index (κ2) is 8.19. The SMILES string of the molecule is Cc1[nH]c2ccccc2c1-c1csc(NC(=O)CCN2C(=O)c3cccc([N+](=O)[O-])c3C2=O)n1. The van der Waals surface area contributed by atoms with Crippen molar-refractivity contribution in [3.8, 4) is 11.3 Å². The lowest BCUT2D eigenvalue weighted by Gasteiger charge is -2.12. The molecule has 2 N–H and O–H groups in total. The molecule has 0 radical (unpaired) electrons. The van der Waals surface area contributed by atoms with E-state index in [1.165, 1.54) is 29.5 Å². The minimum atomic E-state index is -0.772. The third-order valence-corrected chi connectivity index (χ3v) is 6.39. The van der Waals surface area contributed by atoms with E-state index in [4.69, 9.17) is 0 Å². The van der Waals surface area contributed by atoms with Crippen LogP contribution in [0.3, 0.4) is 0 Å². The molecule has 0 saturated carbocycles. The zero-order chi connectivity index (χ0) is 24.0. The molecule has 0 fully saturated rings. The molecule has 0 bridgehead atoms. The van der Waals surface area contributed by atoms with Crippen molar-refractivity contribution in [2.45, 2.75) is 13.3 Å². The Kier molecular flexibility index (Phi) is 5.17. The fourth-order valence-corrected chi connectivity index (χ4v) is 4.84. The first-order valence-electron chi connectivity index (χ1n) is 10.3. The van der Waals surface area contributed by atoms with Crippen LogP contribution in [-0.4, -0.2) is 44.1 Å². The maximum absolute atomic E-state index is 12.6. The van der Waals surface area contributed by atoms with Crippen LogP contribution >= 0.6 is 11.3 Å². The molecule has 5 rings (SSSR count). The molecule has 10 nitrogen and oxygen atoms in total. The number of aromatic nitrogens is 2. The topological polar surface area (TPSA) is 138 Å². The van der Waals surface area contributed by atoms with Crippen molar-refractivity contribution < 1.29 is 19.3 Å². The Hall–Kier alpha value is -4.38. The standard InChI is InChI=1S/C23H17N5O5S/c1-12-19(13-5-2-3-7-15(13)24-12)16-11-34-23(25-16)26-18(29)9-10-27-21(30)14-6-4-8-17(28(32)33)20(14)22(27)31/h2-8,11,24H,9-10H2,1H3,(H,25,26,29). The van der Waals surface area contributed by atoms with E-state index in [0.29, 0.717) is 5.13 Å². The van der Waals surface area contributed by atoms with Crippen molar-refractivity contribution in [2.75, 3.05) is 11.9 Å². The zero-order valence-corrected chi connectivity index (χ0v) is 18.6. The highest BCUT2D eigenvalue weighted by Gasteiger charge is 2.40. The van der Waals surface area contributed by atoms with Crippen LogP contribution < -0.4 is 5.32 Å². The molecule has 0 unspecified atom stereocenters. The van der Waals surface area contributed by atoms with Gasteiger partial charge in [-0.3, -0.25) is 29.4 Å². The lowest BCUT2D eigenvalue weighted by molar-refractivity contribution is -0.385. The van der Waals surface area contributed by atoms with E-state index in [0.717, 1.165) is 32.8 Å². The number of anilines is 1. The number of amides is 3. The molecule has 3 heterocycles. The summed E-state index contributed by atoms with van der Waals surface area (Å²) in [6.45, 7) is 1.76. The molecule has 1 aliphatic rings. The average molecular weight is 475 g/mol. The zero-order valence-electron chi connectivity index (χ0n) is 17.8. The third kappa shape index (κ3) is 3.52. The van der Waals surface area contributed by atoms with Crippen molar-refractivity contribution in [1.29, 1.82) is 0 Å². The lowest BCUT2D eigenvalue weighted by atomic mass is 10.1. The van der Waals surface area contributed by atoms with Gasteiger partial charge in [0.2, 0.25) is 5.91 Å². The van der Waals surface area contributed by atoms with Crippen molar-refractivity contribution in [1.82, 2.24) is 14.9 Å². The van der Waals surface area contributed by atoms with E-state index in [9.17, 15) is 24.5 Å². The van der Waals surface area contributed by atoms with E-state index in [1.54, 1.807) is 0 Å². The van der Waals surface area contributed by atoms with Crippen LogP contribution in [0.15, 0.2) is 47.8 Å². The number of hydrogen-bond donors (Lipinski definition) is 2. The molecule has 2 aromatic carbocycles. The fourth-order valence-electron chi connectivity index (χ4n) is 4.12. The minimum Gasteiger partial charge on any atom is -0.358 e.